The molecule has 0 radical (unpaired) electrons. The van der Waals surface area contributed by atoms with Gasteiger partial charge in [0.2, 0.25) is 0 Å². The highest BCUT2D eigenvalue weighted by Crippen LogP contribution is 2.30. The minimum absolute atomic E-state index is 0.0409. The molecule has 0 heterocycles. The van der Waals surface area contributed by atoms with Crippen LogP contribution in [0.3, 0.4) is 0 Å². The average molecular weight is 270 g/mol. The third kappa shape index (κ3) is 2.28. The number of carboxylic acids is 2. The van der Waals surface area contributed by atoms with Crippen molar-refractivity contribution in [3.8, 4) is 11.1 Å². The van der Waals surface area contributed by atoms with Crippen molar-refractivity contribution in [1.82, 2.24) is 0 Å². The highest BCUT2D eigenvalue weighted by Gasteiger charge is 2.22. The number of hydrogen-bond donors (Lipinski definition) is 2. The van der Waals surface area contributed by atoms with Crippen LogP contribution in [0, 0.1) is 13.8 Å². The second kappa shape index (κ2) is 5.17. The summed E-state index contributed by atoms with van der Waals surface area (Å²) in [5, 5.41) is 18.6. The minimum Gasteiger partial charge on any atom is -0.478 e. The summed E-state index contributed by atoms with van der Waals surface area (Å²) in [6.07, 6.45) is 0. The van der Waals surface area contributed by atoms with Crippen LogP contribution < -0.4 is 0 Å². The summed E-state index contributed by atoms with van der Waals surface area (Å²) in [6.45, 7) is 3.21. The Morgan fingerprint density at radius 1 is 0.900 bits per heavy atom. The van der Waals surface area contributed by atoms with Crippen molar-refractivity contribution in [2.24, 2.45) is 0 Å². The molecule has 0 aliphatic rings. The van der Waals surface area contributed by atoms with Gasteiger partial charge in [-0.2, -0.15) is 0 Å². The van der Waals surface area contributed by atoms with Crippen LogP contribution in [0.15, 0.2) is 36.4 Å². The van der Waals surface area contributed by atoms with Gasteiger partial charge in [0.25, 0.3) is 0 Å². The lowest BCUT2D eigenvalue weighted by Crippen LogP contribution is -2.11. The molecule has 0 aliphatic carbocycles. The molecule has 0 spiro atoms. The standard InChI is InChI=1S/C16H14O4/c1-9-8-12(11-6-4-3-5-7-11)14(16(19)20)10(2)13(9)15(17)18/h3-8H,1-2H3,(H,17,18)(H,19,20). The van der Waals surface area contributed by atoms with Gasteiger partial charge in [-0.15, -0.1) is 0 Å². The molecular weight excluding hydrogens is 256 g/mol. The van der Waals surface area contributed by atoms with Crippen LogP contribution in [0.5, 0.6) is 0 Å². The Balaban J connectivity index is 2.83. The molecule has 20 heavy (non-hydrogen) atoms. The fourth-order valence-electron chi connectivity index (χ4n) is 2.43. The van der Waals surface area contributed by atoms with E-state index in [2.05, 4.69) is 0 Å². The third-order valence-electron chi connectivity index (χ3n) is 3.29. The Morgan fingerprint density at radius 3 is 1.95 bits per heavy atom. The van der Waals surface area contributed by atoms with Gasteiger partial charge < -0.3 is 10.2 Å². The Labute approximate surface area is 116 Å². The molecule has 0 saturated carbocycles. The smallest absolute Gasteiger partial charge is 0.336 e. The summed E-state index contributed by atoms with van der Waals surface area (Å²) in [4.78, 5) is 22.8. The van der Waals surface area contributed by atoms with Gasteiger partial charge in [0.15, 0.2) is 0 Å². The van der Waals surface area contributed by atoms with Crippen LogP contribution in [-0.4, -0.2) is 22.2 Å². The minimum atomic E-state index is -1.12. The molecule has 2 N–H and O–H groups in total. The number of aromatic carboxylic acids is 2. The van der Waals surface area contributed by atoms with Gasteiger partial charge in [-0.05, 0) is 42.2 Å². The zero-order valence-electron chi connectivity index (χ0n) is 11.2. The third-order valence-corrected chi connectivity index (χ3v) is 3.29. The number of benzene rings is 2. The number of carboxylic acid groups (broad SMARTS) is 2. The zero-order valence-corrected chi connectivity index (χ0v) is 11.2. The van der Waals surface area contributed by atoms with Crippen LogP contribution in [-0.2, 0) is 0 Å². The van der Waals surface area contributed by atoms with E-state index in [1.54, 1.807) is 25.1 Å². The molecule has 0 fully saturated rings. The van der Waals surface area contributed by atoms with Crippen molar-refractivity contribution >= 4 is 11.9 Å². The number of carbonyl (C=O) groups is 2. The van der Waals surface area contributed by atoms with Crippen LogP contribution >= 0.6 is 0 Å². The maximum Gasteiger partial charge on any atom is 0.336 e. The van der Waals surface area contributed by atoms with Gasteiger partial charge >= 0.3 is 11.9 Å². The second-order valence-corrected chi connectivity index (χ2v) is 4.59. The molecule has 0 aromatic heterocycles. The molecule has 4 nitrogen and oxygen atoms in total. The molecule has 4 heteroatoms. The van der Waals surface area contributed by atoms with E-state index in [1.165, 1.54) is 6.92 Å². The predicted molar refractivity (Wildman–Crippen MR) is 75.3 cm³/mol. The summed E-state index contributed by atoms with van der Waals surface area (Å²) in [5.74, 6) is -2.23. The first-order valence-electron chi connectivity index (χ1n) is 6.09. The fourth-order valence-corrected chi connectivity index (χ4v) is 2.43. The van der Waals surface area contributed by atoms with Gasteiger partial charge in [-0.1, -0.05) is 30.3 Å². The Bertz CT molecular complexity index is 687. The van der Waals surface area contributed by atoms with Crippen molar-refractivity contribution in [2.45, 2.75) is 13.8 Å². The highest BCUT2D eigenvalue weighted by molar-refractivity contribution is 6.02. The lowest BCUT2D eigenvalue weighted by Gasteiger charge is -2.14. The summed E-state index contributed by atoms with van der Waals surface area (Å²) < 4.78 is 0. The number of rotatable bonds is 3. The first-order valence-corrected chi connectivity index (χ1v) is 6.09. The van der Waals surface area contributed by atoms with E-state index in [9.17, 15) is 19.8 Å². The van der Waals surface area contributed by atoms with Crippen molar-refractivity contribution in [3.63, 3.8) is 0 Å². The topological polar surface area (TPSA) is 74.6 Å². The maximum atomic E-state index is 11.5. The second-order valence-electron chi connectivity index (χ2n) is 4.59. The van der Waals surface area contributed by atoms with E-state index in [1.807, 2.05) is 18.2 Å². The van der Waals surface area contributed by atoms with Crippen molar-refractivity contribution in [3.05, 3.63) is 58.7 Å². The maximum absolute atomic E-state index is 11.5. The Kier molecular flexibility index (Phi) is 3.57. The van der Waals surface area contributed by atoms with E-state index in [0.717, 1.165) is 5.56 Å². The van der Waals surface area contributed by atoms with Gasteiger partial charge in [0.05, 0.1) is 11.1 Å². The largest absolute Gasteiger partial charge is 0.478 e. The van der Waals surface area contributed by atoms with Crippen molar-refractivity contribution in [1.29, 1.82) is 0 Å². The lowest BCUT2D eigenvalue weighted by atomic mass is 9.89. The first-order chi connectivity index (χ1) is 9.43. The fraction of sp³-hybridized carbons (Fsp3) is 0.125. The first kappa shape index (κ1) is 13.8. The summed E-state index contributed by atoms with van der Waals surface area (Å²) >= 11 is 0. The molecule has 0 saturated heterocycles. The number of hydrogen-bond acceptors (Lipinski definition) is 2. The zero-order chi connectivity index (χ0) is 14.9. The van der Waals surface area contributed by atoms with Gasteiger partial charge in [-0.3, -0.25) is 0 Å². The van der Waals surface area contributed by atoms with Crippen LogP contribution in [0.2, 0.25) is 0 Å². The van der Waals surface area contributed by atoms with E-state index in [-0.39, 0.29) is 16.7 Å². The van der Waals surface area contributed by atoms with Crippen LogP contribution in [0.4, 0.5) is 0 Å². The van der Waals surface area contributed by atoms with E-state index in [4.69, 9.17) is 0 Å². The molecule has 0 bridgehead atoms. The summed E-state index contributed by atoms with van der Waals surface area (Å²) in [7, 11) is 0. The highest BCUT2D eigenvalue weighted by atomic mass is 16.4. The van der Waals surface area contributed by atoms with Crippen LogP contribution in [0.1, 0.15) is 31.8 Å². The molecule has 0 atom stereocenters. The van der Waals surface area contributed by atoms with Gasteiger partial charge in [-0.25, -0.2) is 9.59 Å². The molecule has 2 aromatic carbocycles. The SMILES string of the molecule is Cc1cc(-c2ccccc2)c(C(=O)O)c(C)c1C(=O)O. The molecule has 0 amide bonds. The quantitative estimate of drug-likeness (QED) is 0.896. The molecule has 2 aromatic rings. The summed E-state index contributed by atoms with van der Waals surface area (Å²) in [6, 6.07) is 10.7. The van der Waals surface area contributed by atoms with E-state index >= 15 is 0 Å². The van der Waals surface area contributed by atoms with Gasteiger partial charge in [0.1, 0.15) is 0 Å². The van der Waals surface area contributed by atoms with Crippen LogP contribution in [0.25, 0.3) is 11.1 Å². The molecule has 102 valence electrons. The summed E-state index contributed by atoms with van der Waals surface area (Å²) in [5.41, 5.74) is 2.23. The Hall–Kier alpha value is -2.62. The monoisotopic (exact) mass is 270 g/mol. The molecular formula is C16H14O4. The predicted octanol–water partition coefficient (Wildman–Crippen LogP) is 3.37. The number of aryl methyl sites for hydroxylation is 1. The van der Waals surface area contributed by atoms with Crippen molar-refractivity contribution in [2.75, 3.05) is 0 Å². The molecule has 0 unspecified atom stereocenters. The Morgan fingerprint density at radius 2 is 1.45 bits per heavy atom. The molecule has 0 aliphatic heterocycles. The van der Waals surface area contributed by atoms with E-state index in [0.29, 0.717) is 11.1 Å². The average Bonchev–Trinajstić information content (AvgIpc) is 2.38. The van der Waals surface area contributed by atoms with Gasteiger partial charge in [0, 0.05) is 0 Å². The van der Waals surface area contributed by atoms with E-state index < -0.39 is 11.9 Å². The normalized spacial score (nSPS) is 10.3. The lowest BCUT2D eigenvalue weighted by molar-refractivity contribution is 0.0695. The van der Waals surface area contributed by atoms with Crippen molar-refractivity contribution < 1.29 is 19.8 Å². The molecule has 2 rings (SSSR count).